The van der Waals surface area contributed by atoms with Gasteiger partial charge in [0.15, 0.2) is 0 Å². The maximum absolute atomic E-state index is 5.24. The summed E-state index contributed by atoms with van der Waals surface area (Å²) in [5, 5.41) is 0. The fraction of sp³-hybridized carbons (Fsp3) is 0.111. The quantitative estimate of drug-likeness (QED) is 0.615. The van der Waals surface area contributed by atoms with Gasteiger partial charge in [0.05, 0.1) is 6.26 Å². The molecule has 0 amide bonds. The summed E-state index contributed by atoms with van der Waals surface area (Å²) in [6.07, 6.45) is 4.75. The number of allylic oxidation sites excluding steroid dienone is 1. The Hall–Kier alpha value is 0.0197. The molecule has 0 bridgehead atoms. The molecule has 1 heterocycles. The summed E-state index contributed by atoms with van der Waals surface area (Å²) in [6.45, 7) is 0. The molecule has 0 aliphatic carbocycles. The third kappa shape index (κ3) is 2.51. The zero-order valence-corrected chi connectivity index (χ0v) is 9.29. The first kappa shape index (κ1) is 12.0. The molecule has 72 valence electrons. The van der Waals surface area contributed by atoms with E-state index in [4.69, 9.17) is 4.74 Å². The van der Waals surface area contributed by atoms with Crippen LogP contribution in [-0.2, 0) is 45.9 Å². The smallest absolute Gasteiger partial charge is 0.130 e. The second-order valence-corrected chi connectivity index (χ2v) is 2.30. The van der Waals surface area contributed by atoms with E-state index in [0.29, 0.717) is 0 Å². The van der Waals surface area contributed by atoms with Crippen LogP contribution in [0.5, 0.6) is 5.75 Å². The zero-order chi connectivity index (χ0) is 6.81. The fourth-order valence-electron chi connectivity index (χ4n) is 1.08. The van der Waals surface area contributed by atoms with Crippen molar-refractivity contribution in [3.63, 3.8) is 0 Å². The van der Waals surface area contributed by atoms with Gasteiger partial charge in [0, 0.05) is 39.4 Å². The predicted molar refractivity (Wildman–Crippen MR) is 39.9 cm³/mol. The Morgan fingerprint density at radius 1 is 1.17 bits per heavy atom. The van der Waals surface area contributed by atoms with E-state index >= 15 is 0 Å². The second-order valence-electron chi connectivity index (χ2n) is 2.30. The topological polar surface area (TPSA) is 9.23 Å². The second kappa shape index (κ2) is 5.63. The van der Waals surface area contributed by atoms with Gasteiger partial charge in [-0.25, -0.2) is 0 Å². The van der Waals surface area contributed by atoms with Crippen LogP contribution < -0.4 is 4.74 Å². The Labute approximate surface area is 98.2 Å². The third-order valence-corrected chi connectivity index (χ3v) is 1.60. The summed E-state index contributed by atoms with van der Waals surface area (Å²) in [5.74, 6) is 0.991. The molecule has 3 heteroatoms. The van der Waals surface area contributed by atoms with Gasteiger partial charge in [0.25, 0.3) is 0 Å². The molecule has 0 aromatic heterocycles. The summed E-state index contributed by atoms with van der Waals surface area (Å²) >= 11 is 0. The largest absolute Gasteiger partial charge is 0.465 e. The summed E-state index contributed by atoms with van der Waals surface area (Å²) in [6, 6.07) is 8.08. The maximum atomic E-state index is 5.24. The molecular weight excluding hydrogens is 385 g/mol. The average molecular weight is 393 g/mol. The van der Waals surface area contributed by atoms with Crippen molar-refractivity contribution in [1.82, 2.24) is 0 Å². The molecule has 0 saturated heterocycles. The van der Waals surface area contributed by atoms with Gasteiger partial charge in [-0.3, -0.25) is 0 Å². The minimum absolute atomic E-state index is 0. The Morgan fingerprint density at radius 3 is 2.67 bits per heavy atom. The summed E-state index contributed by atoms with van der Waals surface area (Å²) < 4.78 is 5.24. The molecule has 1 nitrogen and oxygen atoms in total. The first-order valence-corrected chi connectivity index (χ1v) is 3.36. The Morgan fingerprint density at radius 2 is 1.92 bits per heavy atom. The average Bonchev–Trinajstić information content (AvgIpc) is 2.05. The normalized spacial score (nSPS) is 11.7. The molecule has 0 unspecified atom stereocenters. The van der Waals surface area contributed by atoms with Crippen LogP contribution >= 0.6 is 0 Å². The molecular formula is C9H8AuCuO. The van der Waals surface area contributed by atoms with Gasteiger partial charge in [-0.2, -0.15) is 0 Å². The van der Waals surface area contributed by atoms with Crippen LogP contribution in [0.15, 0.2) is 36.6 Å². The van der Waals surface area contributed by atoms with Crippen LogP contribution in [0.1, 0.15) is 5.56 Å². The Kier molecular flexibility index (Phi) is 5.64. The van der Waals surface area contributed by atoms with Gasteiger partial charge in [-0.15, -0.1) is 0 Å². The number of hydrogen-bond donors (Lipinski definition) is 0. The van der Waals surface area contributed by atoms with Gasteiger partial charge in [-0.05, 0) is 24.1 Å². The van der Waals surface area contributed by atoms with Crippen molar-refractivity contribution in [2.45, 2.75) is 6.42 Å². The Balaban J connectivity index is 0.000000605. The van der Waals surface area contributed by atoms with Crippen LogP contribution in [0.3, 0.4) is 0 Å². The van der Waals surface area contributed by atoms with Crippen molar-refractivity contribution in [2.75, 3.05) is 0 Å². The van der Waals surface area contributed by atoms with E-state index in [0.717, 1.165) is 12.2 Å². The van der Waals surface area contributed by atoms with E-state index < -0.39 is 0 Å². The summed E-state index contributed by atoms with van der Waals surface area (Å²) in [5.41, 5.74) is 1.27. The Bertz CT molecular complexity index is 246. The molecule has 0 saturated carbocycles. The summed E-state index contributed by atoms with van der Waals surface area (Å²) in [4.78, 5) is 0. The van der Waals surface area contributed by atoms with Gasteiger partial charge in [-0.1, -0.05) is 18.2 Å². The number of hydrogen-bond acceptors (Lipinski definition) is 1. The van der Waals surface area contributed by atoms with Gasteiger partial charge in [0.1, 0.15) is 5.75 Å². The number of ether oxygens (including phenoxy) is 1. The van der Waals surface area contributed by atoms with Crippen LogP contribution in [-0.4, -0.2) is 0 Å². The molecule has 0 spiro atoms. The van der Waals surface area contributed by atoms with E-state index in [-0.39, 0.29) is 39.4 Å². The summed E-state index contributed by atoms with van der Waals surface area (Å²) in [7, 11) is 0. The fourth-order valence-corrected chi connectivity index (χ4v) is 1.08. The van der Waals surface area contributed by atoms with Crippen molar-refractivity contribution in [2.24, 2.45) is 0 Å². The SMILES string of the molecule is C1=COc2ccccc2C1.[Au].[Cu]. The van der Waals surface area contributed by atoms with Crippen LogP contribution in [0.25, 0.3) is 0 Å². The van der Waals surface area contributed by atoms with Crippen molar-refractivity contribution in [1.29, 1.82) is 0 Å². The van der Waals surface area contributed by atoms with E-state index in [1.165, 1.54) is 5.56 Å². The van der Waals surface area contributed by atoms with Crippen molar-refractivity contribution >= 4 is 0 Å². The van der Waals surface area contributed by atoms with E-state index in [9.17, 15) is 0 Å². The standard InChI is InChI=1S/C9H8O.Au.Cu/c1-2-6-9-8(4-1)5-3-7-10-9;;/h1-4,6-7H,5H2;;. The van der Waals surface area contributed by atoms with Gasteiger partial charge in [0.2, 0.25) is 0 Å². The number of rotatable bonds is 0. The van der Waals surface area contributed by atoms with Crippen molar-refractivity contribution < 1.29 is 44.2 Å². The van der Waals surface area contributed by atoms with E-state index in [2.05, 4.69) is 6.07 Å². The molecule has 1 aliphatic heterocycles. The van der Waals surface area contributed by atoms with E-state index in [1.54, 1.807) is 6.26 Å². The molecule has 1 aromatic carbocycles. The van der Waals surface area contributed by atoms with Crippen molar-refractivity contribution in [3.05, 3.63) is 42.2 Å². The molecule has 1 aromatic rings. The van der Waals surface area contributed by atoms with Crippen LogP contribution in [0.4, 0.5) is 0 Å². The predicted octanol–water partition coefficient (Wildman–Crippen LogP) is 2.13. The third-order valence-electron chi connectivity index (χ3n) is 1.60. The molecule has 0 atom stereocenters. The first-order valence-electron chi connectivity index (χ1n) is 3.36. The van der Waals surface area contributed by atoms with Crippen LogP contribution in [0.2, 0.25) is 0 Å². The molecule has 2 rings (SSSR count). The molecule has 2 radical (unpaired) electrons. The first-order chi connectivity index (χ1) is 4.97. The minimum Gasteiger partial charge on any atom is -0.465 e. The monoisotopic (exact) mass is 392 g/mol. The number of fused-ring (bicyclic) bond motifs is 1. The maximum Gasteiger partial charge on any atom is 0.130 e. The molecule has 12 heavy (non-hydrogen) atoms. The molecule has 0 N–H and O–H groups in total. The number of para-hydroxylation sites is 1. The van der Waals surface area contributed by atoms with Gasteiger partial charge < -0.3 is 4.74 Å². The molecule has 1 aliphatic rings. The zero-order valence-electron chi connectivity index (χ0n) is 6.18. The van der Waals surface area contributed by atoms with Gasteiger partial charge >= 0.3 is 0 Å². The van der Waals surface area contributed by atoms with Crippen LogP contribution in [0, 0.1) is 0 Å². The minimum atomic E-state index is 0. The van der Waals surface area contributed by atoms with Crippen molar-refractivity contribution in [3.8, 4) is 5.75 Å². The molecule has 0 fully saturated rings. The number of benzene rings is 1. The van der Waals surface area contributed by atoms with E-state index in [1.807, 2.05) is 24.3 Å².